The molecule has 4 heteroatoms. The maximum Gasteiger partial charge on any atom is 0.311 e. The van der Waals surface area contributed by atoms with Crippen LogP contribution in [0.15, 0.2) is 4.99 Å². The normalized spacial score (nSPS) is 21.0. The summed E-state index contributed by atoms with van der Waals surface area (Å²) in [6.45, 7) is 15.0. The number of carbonyl (C=O) groups excluding carboxylic acids is 1. The van der Waals surface area contributed by atoms with Crippen LogP contribution in [-0.4, -0.2) is 30.6 Å². The Morgan fingerprint density at radius 2 is 1.72 bits per heavy atom. The fourth-order valence-electron chi connectivity index (χ4n) is 2.85. The highest BCUT2D eigenvalue weighted by atomic mass is 16.5. The summed E-state index contributed by atoms with van der Waals surface area (Å²) in [5.41, 5.74) is -1.01. The van der Waals surface area contributed by atoms with Crippen molar-refractivity contribution in [2.75, 3.05) is 13.2 Å². The molecule has 0 radical (unpaired) electrons. The smallest absolute Gasteiger partial charge is 0.311 e. The van der Waals surface area contributed by atoms with Crippen molar-refractivity contribution >= 4 is 11.9 Å². The van der Waals surface area contributed by atoms with Gasteiger partial charge in [-0.05, 0) is 34.1 Å². The molecule has 146 valence electrons. The zero-order chi connectivity index (χ0) is 19.1. The van der Waals surface area contributed by atoms with Gasteiger partial charge in [0, 0.05) is 5.41 Å². The molecule has 0 spiro atoms. The molecule has 0 fully saturated rings. The van der Waals surface area contributed by atoms with Gasteiger partial charge in [-0.3, -0.25) is 4.79 Å². The molecule has 1 heterocycles. The summed E-state index contributed by atoms with van der Waals surface area (Å²) >= 11 is 0. The summed E-state index contributed by atoms with van der Waals surface area (Å²) in [4.78, 5) is 16.8. The standard InChI is InChI=1S/C21H39NO3/c1-8-9-10-11-12-13-14-20(5,6)17-22-21(7,15-24-17)16-25-18(23)19(2,3)4/h8-16H2,1-7H3. The molecular weight excluding hydrogens is 314 g/mol. The molecule has 1 unspecified atom stereocenters. The molecule has 0 aromatic rings. The molecule has 0 bridgehead atoms. The largest absolute Gasteiger partial charge is 0.478 e. The Hall–Kier alpha value is -1.06. The molecule has 1 rings (SSSR count). The first kappa shape index (κ1) is 22.0. The van der Waals surface area contributed by atoms with Crippen molar-refractivity contribution in [3.63, 3.8) is 0 Å². The van der Waals surface area contributed by atoms with E-state index in [9.17, 15) is 4.79 Å². The third-order valence-corrected chi connectivity index (χ3v) is 4.75. The average molecular weight is 354 g/mol. The van der Waals surface area contributed by atoms with Crippen molar-refractivity contribution in [3.8, 4) is 0 Å². The second-order valence-corrected chi connectivity index (χ2v) is 9.43. The van der Waals surface area contributed by atoms with Crippen molar-refractivity contribution in [2.24, 2.45) is 15.8 Å². The Bertz CT molecular complexity index is 462. The van der Waals surface area contributed by atoms with Crippen LogP contribution >= 0.6 is 0 Å². The minimum absolute atomic E-state index is 0.0590. The molecule has 0 amide bonds. The van der Waals surface area contributed by atoms with Crippen molar-refractivity contribution in [2.45, 2.75) is 99.0 Å². The molecule has 1 aliphatic heterocycles. The summed E-state index contributed by atoms with van der Waals surface area (Å²) < 4.78 is 11.4. The highest BCUT2D eigenvalue weighted by Crippen LogP contribution is 2.33. The number of unbranched alkanes of at least 4 members (excludes halogenated alkanes) is 5. The van der Waals surface area contributed by atoms with Gasteiger partial charge in [-0.1, -0.05) is 59.3 Å². The molecule has 1 atom stereocenters. The van der Waals surface area contributed by atoms with Gasteiger partial charge in [0.1, 0.15) is 18.8 Å². The molecule has 0 aromatic carbocycles. The lowest BCUT2D eigenvalue weighted by atomic mass is 9.86. The van der Waals surface area contributed by atoms with Crippen molar-refractivity contribution in [1.29, 1.82) is 0 Å². The van der Waals surface area contributed by atoms with Crippen molar-refractivity contribution < 1.29 is 14.3 Å². The van der Waals surface area contributed by atoms with Gasteiger partial charge in [0.2, 0.25) is 0 Å². The lowest BCUT2D eigenvalue weighted by molar-refractivity contribution is -0.154. The van der Waals surface area contributed by atoms with Gasteiger partial charge in [-0.15, -0.1) is 0 Å². The third kappa shape index (κ3) is 7.37. The molecule has 1 aliphatic rings. The first-order valence-corrected chi connectivity index (χ1v) is 9.90. The van der Waals surface area contributed by atoms with Crippen LogP contribution < -0.4 is 0 Å². The van der Waals surface area contributed by atoms with E-state index in [0.29, 0.717) is 6.61 Å². The Labute approximate surface area is 154 Å². The van der Waals surface area contributed by atoms with Crippen molar-refractivity contribution in [1.82, 2.24) is 0 Å². The molecule has 0 saturated heterocycles. The molecule has 0 saturated carbocycles. The van der Waals surface area contributed by atoms with Gasteiger partial charge < -0.3 is 9.47 Å². The fraction of sp³-hybridized carbons (Fsp3) is 0.905. The van der Waals surface area contributed by atoms with E-state index in [0.717, 1.165) is 12.3 Å². The van der Waals surface area contributed by atoms with Gasteiger partial charge in [0.05, 0.1) is 5.41 Å². The number of esters is 1. The lowest BCUT2D eigenvalue weighted by Gasteiger charge is -2.23. The van der Waals surface area contributed by atoms with Crippen LogP contribution in [0.3, 0.4) is 0 Å². The Morgan fingerprint density at radius 1 is 1.12 bits per heavy atom. The monoisotopic (exact) mass is 353 g/mol. The Morgan fingerprint density at radius 3 is 2.32 bits per heavy atom. The fourth-order valence-corrected chi connectivity index (χ4v) is 2.85. The van der Waals surface area contributed by atoms with Crippen LogP contribution in [0.1, 0.15) is 93.4 Å². The minimum Gasteiger partial charge on any atom is -0.478 e. The van der Waals surface area contributed by atoms with Crippen LogP contribution in [0.2, 0.25) is 0 Å². The summed E-state index contributed by atoms with van der Waals surface area (Å²) in [7, 11) is 0. The Kier molecular flexibility index (Phi) is 7.95. The lowest BCUT2D eigenvalue weighted by Crippen LogP contribution is -2.34. The summed E-state index contributed by atoms with van der Waals surface area (Å²) in [6.07, 6.45) is 8.84. The predicted molar refractivity (Wildman–Crippen MR) is 104 cm³/mol. The quantitative estimate of drug-likeness (QED) is 0.383. The number of aliphatic imine (C=N–C) groups is 1. The highest BCUT2D eigenvalue weighted by Gasteiger charge is 2.39. The van der Waals surface area contributed by atoms with Gasteiger partial charge in [-0.25, -0.2) is 4.99 Å². The number of hydrogen-bond acceptors (Lipinski definition) is 4. The van der Waals surface area contributed by atoms with Crippen LogP contribution in [0.25, 0.3) is 0 Å². The van der Waals surface area contributed by atoms with Crippen molar-refractivity contribution in [3.05, 3.63) is 0 Å². The Balaban J connectivity index is 2.49. The summed E-state index contributed by atoms with van der Waals surface area (Å²) in [6, 6.07) is 0. The molecule has 0 aromatic heterocycles. The van der Waals surface area contributed by atoms with E-state index in [2.05, 4.69) is 20.8 Å². The molecular formula is C21H39NO3. The van der Waals surface area contributed by atoms with E-state index >= 15 is 0 Å². The molecule has 25 heavy (non-hydrogen) atoms. The number of hydrogen-bond donors (Lipinski definition) is 0. The van der Waals surface area contributed by atoms with E-state index in [-0.39, 0.29) is 18.0 Å². The van der Waals surface area contributed by atoms with Gasteiger partial charge in [0.25, 0.3) is 0 Å². The SMILES string of the molecule is CCCCCCCCC(C)(C)C1=NC(C)(COC(=O)C(C)(C)C)CO1. The topological polar surface area (TPSA) is 47.9 Å². The van der Waals surface area contributed by atoms with E-state index in [4.69, 9.17) is 14.5 Å². The second-order valence-electron chi connectivity index (χ2n) is 9.43. The predicted octanol–water partition coefficient (Wildman–Crippen LogP) is 5.54. The average Bonchev–Trinajstić information content (AvgIpc) is 2.91. The first-order chi connectivity index (χ1) is 11.5. The zero-order valence-corrected chi connectivity index (χ0v) is 17.5. The molecule has 4 nitrogen and oxygen atoms in total. The summed E-state index contributed by atoms with van der Waals surface area (Å²) in [5, 5.41) is 0. The van der Waals surface area contributed by atoms with Crippen LogP contribution in [0.4, 0.5) is 0 Å². The van der Waals surface area contributed by atoms with Crippen LogP contribution in [0.5, 0.6) is 0 Å². The van der Waals surface area contributed by atoms with Crippen LogP contribution in [0, 0.1) is 10.8 Å². The zero-order valence-electron chi connectivity index (χ0n) is 17.5. The van der Waals surface area contributed by atoms with E-state index in [1.807, 2.05) is 27.7 Å². The maximum atomic E-state index is 12.0. The molecule has 0 aliphatic carbocycles. The number of ether oxygens (including phenoxy) is 2. The maximum absolute atomic E-state index is 12.0. The highest BCUT2D eigenvalue weighted by molar-refractivity contribution is 5.83. The van der Waals surface area contributed by atoms with E-state index in [1.165, 1.54) is 38.5 Å². The van der Waals surface area contributed by atoms with Gasteiger partial charge in [0.15, 0.2) is 5.90 Å². The van der Waals surface area contributed by atoms with Gasteiger partial charge >= 0.3 is 5.97 Å². The number of carbonyl (C=O) groups is 1. The van der Waals surface area contributed by atoms with E-state index in [1.54, 1.807) is 0 Å². The third-order valence-electron chi connectivity index (χ3n) is 4.75. The van der Waals surface area contributed by atoms with Crippen LogP contribution in [-0.2, 0) is 14.3 Å². The second kappa shape index (κ2) is 9.05. The van der Waals surface area contributed by atoms with Gasteiger partial charge in [-0.2, -0.15) is 0 Å². The molecule has 0 N–H and O–H groups in total. The summed E-state index contributed by atoms with van der Waals surface area (Å²) in [5.74, 6) is 0.624. The number of nitrogens with zero attached hydrogens (tertiary/aromatic N) is 1. The number of rotatable bonds is 10. The minimum atomic E-state index is -0.487. The van der Waals surface area contributed by atoms with E-state index < -0.39 is 11.0 Å². The first-order valence-electron chi connectivity index (χ1n) is 9.90.